The van der Waals surface area contributed by atoms with Crippen LogP contribution >= 0.6 is 0 Å². The third kappa shape index (κ3) is 1.25. The molecule has 0 aromatic heterocycles. The lowest BCUT2D eigenvalue weighted by Crippen LogP contribution is -2.05. The van der Waals surface area contributed by atoms with Crippen LogP contribution in [-0.2, 0) is 11.2 Å². The summed E-state index contributed by atoms with van der Waals surface area (Å²) >= 11 is 0. The van der Waals surface area contributed by atoms with Crippen molar-refractivity contribution in [2.75, 3.05) is 13.7 Å². The summed E-state index contributed by atoms with van der Waals surface area (Å²) in [6.45, 7) is 0.648. The van der Waals surface area contributed by atoms with Crippen LogP contribution in [0.3, 0.4) is 0 Å². The van der Waals surface area contributed by atoms with Gasteiger partial charge < -0.3 is 4.74 Å². The predicted molar refractivity (Wildman–Crippen MR) is 49.1 cm³/mol. The number of nitrogens with zero attached hydrogens (tertiary/aromatic N) is 1. The molecule has 0 N–H and O–H groups in total. The first kappa shape index (κ1) is 7.50. The zero-order valence-electron chi connectivity index (χ0n) is 7.08. The molecule has 0 amide bonds. The van der Waals surface area contributed by atoms with Gasteiger partial charge in [0.05, 0.1) is 12.3 Å². The summed E-state index contributed by atoms with van der Waals surface area (Å²) in [7, 11) is 1.70. The lowest BCUT2D eigenvalue weighted by atomic mass is 10.1. The third-order valence-electron chi connectivity index (χ3n) is 1.98. The first-order valence-corrected chi connectivity index (χ1v) is 4.03. The van der Waals surface area contributed by atoms with Crippen LogP contribution in [0.5, 0.6) is 0 Å². The minimum absolute atomic E-state index is 0.648. The molecule has 2 rings (SSSR count). The molecule has 0 saturated heterocycles. The van der Waals surface area contributed by atoms with Gasteiger partial charge in [0, 0.05) is 19.2 Å². The molecule has 0 fully saturated rings. The van der Waals surface area contributed by atoms with Crippen LogP contribution in [-0.4, -0.2) is 19.4 Å². The molecule has 0 atom stereocenters. The molecule has 1 aliphatic rings. The minimum Gasteiger partial charge on any atom is -0.379 e. The predicted octanol–water partition coefficient (Wildman–Crippen LogP) is 1.96. The number of methoxy groups -OCH3 is 1. The Hall–Kier alpha value is -1.15. The Morgan fingerprint density at radius 2 is 2.25 bits per heavy atom. The fourth-order valence-corrected chi connectivity index (χ4v) is 1.45. The van der Waals surface area contributed by atoms with Crippen molar-refractivity contribution in [3.05, 3.63) is 29.8 Å². The van der Waals surface area contributed by atoms with E-state index in [1.807, 2.05) is 18.2 Å². The number of rotatable bonds is 2. The maximum absolute atomic E-state index is 5.03. The number of fused-ring (bicyclic) bond motifs is 1. The van der Waals surface area contributed by atoms with E-state index in [0.717, 1.165) is 17.8 Å². The van der Waals surface area contributed by atoms with Crippen molar-refractivity contribution in [3.8, 4) is 0 Å². The van der Waals surface area contributed by atoms with Crippen LogP contribution in [0.2, 0.25) is 0 Å². The van der Waals surface area contributed by atoms with Gasteiger partial charge in [-0.2, -0.15) is 0 Å². The molecular formula is C10H11NO. The zero-order valence-corrected chi connectivity index (χ0v) is 7.08. The van der Waals surface area contributed by atoms with E-state index in [2.05, 4.69) is 11.1 Å². The smallest absolute Gasteiger partial charge is 0.0848 e. The number of hydrogen-bond acceptors (Lipinski definition) is 2. The molecule has 0 saturated carbocycles. The van der Waals surface area contributed by atoms with Gasteiger partial charge in [0.2, 0.25) is 0 Å². The van der Waals surface area contributed by atoms with E-state index in [1.54, 1.807) is 7.11 Å². The number of ether oxygens (including phenoxy) is 1. The molecule has 2 heteroatoms. The number of benzene rings is 1. The van der Waals surface area contributed by atoms with Crippen molar-refractivity contribution in [3.63, 3.8) is 0 Å². The van der Waals surface area contributed by atoms with Crippen molar-refractivity contribution in [2.24, 2.45) is 4.99 Å². The van der Waals surface area contributed by atoms with E-state index in [9.17, 15) is 0 Å². The van der Waals surface area contributed by atoms with Gasteiger partial charge >= 0.3 is 0 Å². The van der Waals surface area contributed by atoms with Crippen LogP contribution in [0, 0.1) is 0 Å². The first-order chi connectivity index (χ1) is 5.90. The summed E-state index contributed by atoms with van der Waals surface area (Å²) in [5, 5.41) is 0. The molecule has 1 aromatic carbocycles. The SMILES string of the molecule is COCC1=Nc2ccccc2C1. The zero-order chi connectivity index (χ0) is 8.39. The average molecular weight is 161 g/mol. The second-order valence-corrected chi connectivity index (χ2v) is 2.92. The van der Waals surface area contributed by atoms with Crippen molar-refractivity contribution in [2.45, 2.75) is 6.42 Å². The van der Waals surface area contributed by atoms with Crippen molar-refractivity contribution < 1.29 is 4.74 Å². The Labute approximate surface area is 71.9 Å². The molecule has 62 valence electrons. The summed E-state index contributed by atoms with van der Waals surface area (Å²) in [6.07, 6.45) is 0.948. The molecule has 0 aliphatic carbocycles. The Bertz CT molecular complexity index is 317. The van der Waals surface area contributed by atoms with E-state index >= 15 is 0 Å². The summed E-state index contributed by atoms with van der Waals surface area (Å²) in [6, 6.07) is 8.21. The van der Waals surface area contributed by atoms with Crippen LogP contribution in [0.1, 0.15) is 5.56 Å². The van der Waals surface area contributed by atoms with Gasteiger partial charge in [0.1, 0.15) is 0 Å². The van der Waals surface area contributed by atoms with E-state index in [-0.39, 0.29) is 0 Å². The maximum Gasteiger partial charge on any atom is 0.0848 e. The number of para-hydroxylation sites is 1. The van der Waals surface area contributed by atoms with Gasteiger partial charge in [0.25, 0.3) is 0 Å². The monoisotopic (exact) mass is 161 g/mol. The van der Waals surface area contributed by atoms with Gasteiger partial charge in [-0.15, -0.1) is 0 Å². The molecule has 12 heavy (non-hydrogen) atoms. The van der Waals surface area contributed by atoms with Crippen LogP contribution in [0.4, 0.5) is 5.69 Å². The molecule has 1 heterocycles. The van der Waals surface area contributed by atoms with Crippen LogP contribution in [0.15, 0.2) is 29.3 Å². The molecule has 0 unspecified atom stereocenters. The topological polar surface area (TPSA) is 21.6 Å². The quantitative estimate of drug-likeness (QED) is 0.649. The Morgan fingerprint density at radius 1 is 1.42 bits per heavy atom. The Balaban J connectivity index is 2.23. The standard InChI is InChI=1S/C10H11NO/c1-12-7-9-6-8-4-2-3-5-10(8)11-9/h2-5H,6-7H2,1H3. The van der Waals surface area contributed by atoms with Gasteiger partial charge in [0.15, 0.2) is 0 Å². The van der Waals surface area contributed by atoms with Crippen molar-refractivity contribution in [1.82, 2.24) is 0 Å². The summed E-state index contributed by atoms with van der Waals surface area (Å²) in [5.41, 5.74) is 3.54. The number of hydrogen-bond donors (Lipinski definition) is 0. The summed E-state index contributed by atoms with van der Waals surface area (Å²) in [5.74, 6) is 0. The first-order valence-electron chi connectivity index (χ1n) is 4.03. The van der Waals surface area contributed by atoms with Gasteiger partial charge in [-0.1, -0.05) is 18.2 Å². The van der Waals surface area contributed by atoms with Gasteiger partial charge in [-0.25, -0.2) is 0 Å². The van der Waals surface area contributed by atoms with Crippen molar-refractivity contribution >= 4 is 11.4 Å². The second-order valence-electron chi connectivity index (χ2n) is 2.92. The molecule has 2 nitrogen and oxygen atoms in total. The van der Waals surface area contributed by atoms with Gasteiger partial charge in [-0.3, -0.25) is 4.99 Å². The minimum atomic E-state index is 0.648. The van der Waals surface area contributed by atoms with Crippen LogP contribution in [0.25, 0.3) is 0 Å². The van der Waals surface area contributed by atoms with E-state index in [0.29, 0.717) is 6.61 Å². The summed E-state index contributed by atoms with van der Waals surface area (Å²) in [4.78, 5) is 4.43. The highest BCUT2D eigenvalue weighted by molar-refractivity contribution is 5.94. The molecule has 1 aliphatic heterocycles. The highest BCUT2D eigenvalue weighted by Crippen LogP contribution is 2.25. The molecule has 0 radical (unpaired) electrons. The average Bonchev–Trinajstić information content (AvgIpc) is 2.47. The van der Waals surface area contributed by atoms with E-state index in [4.69, 9.17) is 4.74 Å². The van der Waals surface area contributed by atoms with Gasteiger partial charge in [-0.05, 0) is 11.6 Å². The summed E-state index contributed by atoms with van der Waals surface area (Å²) < 4.78 is 5.03. The highest BCUT2D eigenvalue weighted by Gasteiger charge is 2.12. The fourth-order valence-electron chi connectivity index (χ4n) is 1.45. The van der Waals surface area contributed by atoms with E-state index < -0.39 is 0 Å². The molecule has 0 spiro atoms. The van der Waals surface area contributed by atoms with Crippen molar-refractivity contribution in [1.29, 1.82) is 0 Å². The highest BCUT2D eigenvalue weighted by atomic mass is 16.5. The largest absolute Gasteiger partial charge is 0.379 e. The lowest BCUT2D eigenvalue weighted by molar-refractivity contribution is 0.244. The molecular weight excluding hydrogens is 150 g/mol. The van der Waals surface area contributed by atoms with Crippen LogP contribution < -0.4 is 0 Å². The Morgan fingerprint density at radius 3 is 3.00 bits per heavy atom. The normalized spacial score (nSPS) is 14.2. The molecule has 1 aromatic rings. The lowest BCUT2D eigenvalue weighted by Gasteiger charge is -1.95. The number of aliphatic imine (C=N–C) groups is 1. The fraction of sp³-hybridized carbons (Fsp3) is 0.300. The second kappa shape index (κ2) is 3.07. The Kier molecular flexibility index (Phi) is 1.92. The third-order valence-corrected chi connectivity index (χ3v) is 1.98. The van der Waals surface area contributed by atoms with E-state index in [1.165, 1.54) is 5.56 Å². The maximum atomic E-state index is 5.03. The molecule has 0 bridgehead atoms.